The van der Waals surface area contributed by atoms with Crippen LogP contribution in [0, 0.1) is 0 Å². The van der Waals surface area contributed by atoms with Gasteiger partial charge >= 0.3 is 5.97 Å². The minimum Gasteiger partial charge on any atom is -0.462 e. The minimum absolute atomic E-state index is 0.101. The highest BCUT2D eigenvalue weighted by atomic mass is 16.5. The molecule has 1 aromatic carbocycles. The number of aromatic nitrogens is 1. The molecular formula is C30H44N6O3. The molecule has 1 aromatic heterocycles. The molecule has 9 heteroatoms. The smallest absolute Gasteiger partial charge is 0.338 e. The second-order valence-corrected chi connectivity index (χ2v) is 9.41. The minimum atomic E-state index is -0.207. The summed E-state index contributed by atoms with van der Waals surface area (Å²) in [6.45, 7) is 12.8. The van der Waals surface area contributed by atoms with Crippen molar-refractivity contribution < 1.29 is 14.3 Å². The number of carbonyl (C=O) groups is 2. The van der Waals surface area contributed by atoms with E-state index in [0.29, 0.717) is 18.0 Å². The summed E-state index contributed by atoms with van der Waals surface area (Å²) in [7, 11) is 0. The Morgan fingerprint density at radius 3 is 2.64 bits per heavy atom. The number of amides is 1. The van der Waals surface area contributed by atoms with Gasteiger partial charge in [-0.1, -0.05) is 39.8 Å². The number of carbonyl (C=O) groups excluding carboxylic acids is 2. The second kappa shape index (κ2) is 15.3. The third-order valence-electron chi connectivity index (χ3n) is 7.28. The Hall–Kier alpha value is -3.30. The summed E-state index contributed by atoms with van der Waals surface area (Å²) in [5.41, 5.74) is 7.65. The maximum Gasteiger partial charge on any atom is 0.338 e. The Morgan fingerprint density at radius 1 is 1.13 bits per heavy atom. The number of nitrogens with one attached hydrogen (secondary N) is 1. The van der Waals surface area contributed by atoms with Crippen molar-refractivity contribution in [1.82, 2.24) is 20.2 Å². The Bertz CT molecular complexity index is 1130. The Kier molecular flexibility index (Phi) is 11.9. The van der Waals surface area contributed by atoms with Crippen LogP contribution in [0.4, 0.5) is 5.82 Å². The fourth-order valence-corrected chi connectivity index (χ4v) is 5.37. The number of ether oxygens (including phenoxy) is 1. The average molecular weight is 537 g/mol. The first-order valence-electron chi connectivity index (χ1n) is 14.4. The van der Waals surface area contributed by atoms with Gasteiger partial charge in [-0.2, -0.15) is 0 Å². The lowest BCUT2D eigenvalue weighted by Gasteiger charge is -2.36. The molecule has 2 aliphatic heterocycles. The number of hydrogen-bond donors (Lipinski definition) is 2. The SMILES string of the molecule is CC.CC.NNC=Nc1cc2c(cn1)C(C(=O)N1CCN(CCCc3ccc4c(c3)CCOC4=O)CC1)CC2. The van der Waals surface area contributed by atoms with Gasteiger partial charge in [0.05, 0.1) is 18.1 Å². The molecule has 0 radical (unpaired) electrons. The van der Waals surface area contributed by atoms with E-state index in [2.05, 4.69) is 26.4 Å². The van der Waals surface area contributed by atoms with Crippen LogP contribution in [0.25, 0.3) is 0 Å². The molecule has 3 heterocycles. The van der Waals surface area contributed by atoms with Gasteiger partial charge in [0, 0.05) is 38.8 Å². The number of aliphatic imine (C=N–C) groups is 1. The van der Waals surface area contributed by atoms with Crippen LogP contribution in [-0.2, 0) is 28.8 Å². The van der Waals surface area contributed by atoms with Gasteiger partial charge in [0.15, 0.2) is 5.82 Å². The highest BCUT2D eigenvalue weighted by molar-refractivity contribution is 5.92. The van der Waals surface area contributed by atoms with Crippen LogP contribution in [0.2, 0.25) is 0 Å². The van der Waals surface area contributed by atoms with E-state index in [1.54, 1.807) is 6.20 Å². The summed E-state index contributed by atoms with van der Waals surface area (Å²) in [5.74, 6) is 5.74. The molecule has 1 amide bonds. The van der Waals surface area contributed by atoms with E-state index in [1.165, 1.54) is 11.9 Å². The number of nitrogens with zero attached hydrogens (tertiary/aromatic N) is 4. The van der Waals surface area contributed by atoms with Gasteiger partial charge in [0.2, 0.25) is 5.91 Å². The third-order valence-corrected chi connectivity index (χ3v) is 7.28. The molecule has 3 N–H and O–H groups in total. The highest BCUT2D eigenvalue weighted by Crippen LogP contribution is 2.35. The Balaban J connectivity index is 0.00000100. The summed E-state index contributed by atoms with van der Waals surface area (Å²) in [5, 5.41) is 0. The lowest BCUT2D eigenvalue weighted by atomic mass is 9.98. The lowest BCUT2D eigenvalue weighted by Crippen LogP contribution is -2.50. The predicted molar refractivity (Wildman–Crippen MR) is 155 cm³/mol. The van der Waals surface area contributed by atoms with Gasteiger partial charge in [-0.15, -0.1) is 0 Å². The van der Waals surface area contributed by atoms with Crippen LogP contribution < -0.4 is 11.3 Å². The van der Waals surface area contributed by atoms with E-state index in [1.807, 2.05) is 50.8 Å². The number of pyridine rings is 1. The number of fused-ring (bicyclic) bond motifs is 2. The first-order valence-corrected chi connectivity index (χ1v) is 14.4. The summed E-state index contributed by atoms with van der Waals surface area (Å²) < 4.78 is 5.11. The molecule has 1 unspecified atom stereocenters. The monoisotopic (exact) mass is 536 g/mol. The first-order chi connectivity index (χ1) is 19.1. The van der Waals surface area contributed by atoms with E-state index >= 15 is 0 Å². The molecule has 3 aliphatic rings. The average Bonchev–Trinajstić information content (AvgIpc) is 3.41. The number of hydrazine groups is 1. The third kappa shape index (κ3) is 7.64. The number of benzene rings is 1. The van der Waals surface area contributed by atoms with E-state index in [0.717, 1.165) is 81.5 Å². The van der Waals surface area contributed by atoms with Crippen molar-refractivity contribution >= 4 is 24.0 Å². The van der Waals surface area contributed by atoms with E-state index < -0.39 is 0 Å². The van der Waals surface area contributed by atoms with Gasteiger partial charge in [-0.25, -0.2) is 20.6 Å². The van der Waals surface area contributed by atoms with Gasteiger partial charge in [0.1, 0.15) is 6.34 Å². The first kappa shape index (κ1) is 30.2. The van der Waals surface area contributed by atoms with Crippen LogP contribution in [0.1, 0.15) is 79.1 Å². The van der Waals surface area contributed by atoms with Crippen LogP contribution in [-0.4, -0.2) is 72.3 Å². The van der Waals surface area contributed by atoms with Crippen molar-refractivity contribution in [2.75, 3.05) is 39.3 Å². The number of rotatable bonds is 7. The van der Waals surface area contributed by atoms with Crippen molar-refractivity contribution in [2.24, 2.45) is 10.8 Å². The number of hydrogen-bond acceptors (Lipinski definition) is 7. The van der Waals surface area contributed by atoms with E-state index in [-0.39, 0.29) is 17.8 Å². The summed E-state index contributed by atoms with van der Waals surface area (Å²) in [4.78, 5) is 38.0. The largest absolute Gasteiger partial charge is 0.462 e. The molecular weight excluding hydrogens is 492 g/mol. The molecule has 0 bridgehead atoms. The molecule has 0 saturated carbocycles. The van der Waals surface area contributed by atoms with Crippen molar-refractivity contribution in [3.05, 3.63) is 58.3 Å². The quantitative estimate of drug-likeness (QED) is 0.182. The number of esters is 1. The van der Waals surface area contributed by atoms with E-state index in [4.69, 9.17) is 10.6 Å². The fraction of sp³-hybridized carbons (Fsp3) is 0.533. The van der Waals surface area contributed by atoms with Crippen molar-refractivity contribution in [2.45, 2.75) is 65.7 Å². The Labute approximate surface area is 232 Å². The normalized spacial score (nSPS) is 18.2. The fourth-order valence-electron chi connectivity index (χ4n) is 5.37. The summed E-state index contributed by atoms with van der Waals surface area (Å²) >= 11 is 0. The summed E-state index contributed by atoms with van der Waals surface area (Å²) in [6, 6.07) is 8.05. The van der Waals surface area contributed by atoms with Crippen LogP contribution in [0.15, 0.2) is 35.5 Å². The van der Waals surface area contributed by atoms with E-state index in [9.17, 15) is 9.59 Å². The maximum absolute atomic E-state index is 13.3. The number of aryl methyl sites for hydroxylation is 2. The molecule has 212 valence electrons. The van der Waals surface area contributed by atoms with Crippen LogP contribution in [0.5, 0.6) is 0 Å². The predicted octanol–water partition coefficient (Wildman–Crippen LogP) is 3.78. The molecule has 2 aromatic rings. The Morgan fingerprint density at radius 2 is 1.90 bits per heavy atom. The lowest BCUT2D eigenvalue weighted by molar-refractivity contribution is -0.134. The van der Waals surface area contributed by atoms with Crippen molar-refractivity contribution in [3.63, 3.8) is 0 Å². The maximum atomic E-state index is 13.3. The van der Waals surface area contributed by atoms with Gasteiger partial charge < -0.3 is 15.1 Å². The van der Waals surface area contributed by atoms with Gasteiger partial charge in [0.25, 0.3) is 0 Å². The van der Waals surface area contributed by atoms with Crippen molar-refractivity contribution in [3.8, 4) is 0 Å². The van der Waals surface area contributed by atoms with Crippen LogP contribution >= 0.6 is 0 Å². The highest BCUT2D eigenvalue weighted by Gasteiger charge is 2.33. The van der Waals surface area contributed by atoms with Crippen LogP contribution in [0.3, 0.4) is 0 Å². The molecule has 1 saturated heterocycles. The topological polar surface area (TPSA) is 113 Å². The van der Waals surface area contributed by atoms with Gasteiger partial charge in [-0.05, 0) is 66.6 Å². The molecule has 39 heavy (non-hydrogen) atoms. The molecule has 0 spiro atoms. The molecule has 1 aliphatic carbocycles. The number of piperazine rings is 1. The standard InChI is InChI=1S/C26H32N6O3.2C2H6/c27-30-17-29-24-15-19-4-6-22(23(19)16-28-24)25(33)32-11-9-31(10-12-32)8-1-2-18-3-5-21-20(14-18)7-13-35-26(21)34;2*1-2/h3,5,14-17,22H,1-2,4,6-13,27H2,(H,28,29,30);2*1-2H3. The molecule has 5 rings (SSSR count). The number of cyclic esters (lactones) is 1. The zero-order valence-electron chi connectivity index (χ0n) is 23.9. The molecule has 1 fully saturated rings. The molecule has 9 nitrogen and oxygen atoms in total. The zero-order chi connectivity index (χ0) is 28.2. The van der Waals surface area contributed by atoms with Crippen molar-refractivity contribution in [1.29, 1.82) is 0 Å². The number of nitrogens with two attached hydrogens (primary N) is 1. The second-order valence-electron chi connectivity index (χ2n) is 9.41. The zero-order valence-corrected chi connectivity index (χ0v) is 23.9. The van der Waals surface area contributed by atoms with Gasteiger partial charge in [-0.3, -0.25) is 9.69 Å². The summed E-state index contributed by atoms with van der Waals surface area (Å²) in [6.07, 6.45) is 7.75. The molecule has 1 atom stereocenters.